The molecule has 0 spiro atoms. The minimum absolute atomic E-state index is 0.947. The average molecular weight is 807 g/mol. The van der Waals surface area contributed by atoms with Crippen LogP contribution in [-0.4, -0.2) is 9.13 Å². The molecule has 0 aliphatic heterocycles. The van der Waals surface area contributed by atoms with E-state index in [1.807, 2.05) is 27.7 Å². The molecule has 2 aliphatic rings. The highest BCUT2D eigenvalue weighted by molar-refractivity contribution is 6.04. The first-order chi connectivity index (χ1) is 30.5. The van der Waals surface area contributed by atoms with E-state index in [-0.39, 0.29) is 0 Å². The molecule has 0 fully saturated rings. The van der Waals surface area contributed by atoms with Gasteiger partial charge in [-0.1, -0.05) is 180 Å². The summed E-state index contributed by atoms with van der Waals surface area (Å²) in [7, 11) is 2.22. The molecule has 0 saturated carbocycles. The predicted molar refractivity (Wildman–Crippen MR) is 271 cm³/mol. The second kappa shape index (κ2) is 18.8. The lowest BCUT2D eigenvalue weighted by Crippen LogP contribution is -2.01. The third-order valence-electron chi connectivity index (χ3n) is 12.4. The molecule has 308 valence electrons. The van der Waals surface area contributed by atoms with Crippen LogP contribution in [0.25, 0.3) is 72.5 Å². The molecule has 2 nitrogen and oxygen atoms in total. The number of benzene rings is 6. The van der Waals surface area contributed by atoms with E-state index >= 15 is 0 Å². The van der Waals surface area contributed by atoms with E-state index in [1.165, 1.54) is 88.7 Å². The first kappa shape index (κ1) is 41.8. The molecule has 0 atom stereocenters. The Morgan fingerprint density at radius 3 is 2.02 bits per heavy atom. The Bertz CT molecular complexity index is 2990. The standard InChI is InChI=1S/C56H46N2.2C2H6/c1-38(48-23-14-21-44-19-10-12-22-50(44)48)35-52(45-27-25-42(26-28-45)40-15-6-4-7-16-40)49-33-34-51-53(55-36-46-20-11-13-24-54(46)57(55)3)37-58(56(51)39(49)2)47-31-29-43(30-32-47)41-17-8-5-9-18-41;2*1-2/h4-10,12-19,21-25,27,29-37H,1,11,20,26,28H2,2-3H3;2*1-2H3/b52-35-;;. The number of allylic oxidation sites excluding steroid dienone is 8. The first-order valence-corrected chi connectivity index (χ1v) is 22.5. The maximum Gasteiger partial charge on any atom is 0.0570 e. The zero-order valence-corrected chi connectivity index (χ0v) is 37.3. The van der Waals surface area contributed by atoms with Crippen molar-refractivity contribution in [2.24, 2.45) is 7.05 Å². The van der Waals surface area contributed by atoms with Gasteiger partial charge in [-0.2, -0.15) is 0 Å². The molecule has 2 aromatic heterocycles. The van der Waals surface area contributed by atoms with Gasteiger partial charge in [-0.05, 0) is 135 Å². The van der Waals surface area contributed by atoms with Crippen molar-refractivity contribution in [3.8, 4) is 28.1 Å². The molecular weight excluding hydrogens is 749 g/mol. The Balaban J connectivity index is 0.00000129. The number of rotatable bonds is 8. The van der Waals surface area contributed by atoms with E-state index in [1.54, 1.807) is 0 Å². The zero-order chi connectivity index (χ0) is 43.2. The van der Waals surface area contributed by atoms with Crippen molar-refractivity contribution < 1.29 is 0 Å². The lowest BCUT2D eigenvalue weighted by molar-refractivity contribution is 0.891. The van der Waals surface area contributed by atoms with Crippen LogP contribution in [0, 0.1) is 6.92 Å². The topological polar surface area (TPSA) is 9.86 Å². The van der Waals surface area contributed by atoms with E-state index in [4.69, 9.17) is 6.58 Å². The highest BCUT2D eigenvalue weighted by atomic mass is 15.0. The Labute approximate surface area is 369 Å². The Morgan fingerprint density at radius 1 is 0.629 bits per heavy atom. The average Bonchev–Trinajstić information content (AvgIpc) is 3.90. The van der Waals surface area contributed by atoms with E-state index in [9.17, 15) is 0 Å². The molecule has 0 unspecified atom stereocenters. The number of hydrogen-bond donors (Lipinski definition) is 0. The van der Waals surface area contributed by atoms with Crippen LogP contribution in [0.5, 0.6) is 0 Å². The quantitative estimate of drug-likeness (QED) is 0.135. The molecular formula is C60H58N2. The fourth-order valence-electron chi connectivity index (χ4n) is 9.28. The minimum atomic E-state index is 0.947. The van der Waals surface area contributed by atoms with Crippen LogP contribution in [0.2, 0.25) is 0 Å². The van der Waals surface area contributed by atoms with Gasteiger partial charge in [0.2, 0.25) is 0 Å². The molecule has 8 aromatic rings. The van der Waals surface area contributed by atoms with Gasteiger partial charge < -0.3 is 9.13 Å². The number of aromatic nitrogens is 2. The third-order valence-corrected chi connectivity index (χ3v) is 12.4. The summed E-state index contributed by atoms with van der Waals surface area (Å²) in [5.41, 5.74) is 19.9. The van der Waals surface area contributed by atoms with Gasteiger partial charge in [0.25, 0.3) is 0 Å². The second-order valence-electron chi connectivity index (χ2n) is 15.8. The molecule has 0 radical (unpaired) electrons. The number of aryl methyl sites for hydroxylation is 2. The lowest BCUT2D eigenvalue weighted by Gasteiger charge is -2.21. The van der Waals surface area contributed by atoms with Crippen LogP contribution in [-0.2, 0) is 13.5 Å². The third kappa shape index (κ3) is 8.02. The molecule has 0 saturated heterocycles. The van der Waals surface area contributed by atoms with Crippen molar-refractivity contribution in [1.82, 2.24) is 9.13 Å². The van der Waals surface area contributed by atoms with Gasteiger partial charge in [0.1, 0.15) is 0 Å². The summed E-state index contributed by atoms with van der Waals surface area (Å²) in [5.74, 6) is 0. The number of nitrogens with zero attached hydrogens (tertiary/aromatic N) is 2. The summed E-state index contributed by atoms with van der Waals surface area (Å²) in [5, 5.41) is 3.70. The van der Waals surface area contributed by atoms with E-state index < -0.39 is 0 Å². The van der Waals surface area contributed by atoms with Crippen LogP contribution in [0.1, 0.15) is 80.5 Å². The van der Waals surface area contributed by atoms with Crippen molar-refractivity contribution in [1.29, 1.82) is 0 Å². The van der Waals surface area contributed by atoms with Crippen LogP contribution in [0.4, 0.5) is 0 Å². The molecule has 10 rings (SSSR count). The summed E-state index contributed by atoms with van der Waals surface area (Å²) >= 11 is 0. The summed E-state index contributed by atoms with van der Waals surface area (Å²) in [4.78, 5) is 0. The zero-order valence-electron chi connectivity index (χ0n) is 37.3. The molecule has 2 aliphatic carbocycles. The van der Waals surface area contributed by atoms with Gasteiger partial charge in [-0.15, -0.1) is 0 Å². The van der Waals surface area contributed by atoms with Crippen molar-refractivity contribution in [2.45, 2.75) is 60.3 Å². The molecule has 0 bridgehead atoms. The maximum absolute atomic E-state index is 4.74. The van der Waals surface area contributed by atoms with Crippen molar-refractivity contribution in [3.63, 3.8) is 0 Å². The Morgan fingerprint density at radius 2 is 1.31 bits per heavy atom. The van der Waals surface area contributed by atoms with Gasteiger partial charge in [0.15, 0.2) is 0 Å². The highest BCUT2D eigenvalue weighted by Gasteiger charge is 2.23. The summed E-state index contributed by atoms with van der Waals surface area (Å²) in [6.07, 6.45) is 18.1. The Hall–Kier alpha value is -6.90. The normalized spacial score (nSPS) is 13.4. The number of fused-ring (bicyclic) bond motifs is 3. The van der Waals surface area contributed by atoms with Gasteiger partial charge in [-0.3, -0.25) is 0 Å². The predicted octanol–water partition coefficient (Wildman–Crippen LogP) is 16.7. The van der Waals surface area contributed by atoms with Gasteiger partial charge in [0, 0.05) is 35.6 Å². The molecule has 0 N–H and O–H groups in total. The summed E-state index contributed by atoms with van der Waals surface area (Å²) in [6.45, 7) is 15.1. The van der Waals surface area contributed by atoms with Crippen molar-refractivity contribution in [3.05, 3.63) is 222 Å². The smallest absolute Gasteiger partial charge is 0.0570 e. The van der Waals surface area contributed by atoms with E-state index in [0.29, 0.717) is 0 Å². The maximum atomic E-state index is 4.74. The van der Waals surface area contributed by atoms with Crippen molar-refractivity contribution >= 4 is 44.5 Å². The summed E-state index contributed by atoms with van der Waals surface area (Å²) < 4.78 is 4.81. The van der Waals surface area contributed by atoms with Crippen molar-refractivity contribution in [2.75, 3.05) is 0 Å². The minimum Gasteiger partial charge on any atom is -0.344 e. The lowest BCUT2D eigenvalue weighted by atomic mass is 9.84. The first-order valence-electron chi connectivity index (χ1n) is 22.5. The molecule has 6 aromatic carbocycles. The fourth-order valence-corrected chi connectivity index (χ4v) is 9.28. The van der Waals surface area contributed by atoms with Crippen LogP contribution in [0.15, 0.2) is 188 Å². The van der Waals surface area contributed by atoms with E-state index in [0.717, 1.165) is 42.5 Å². The van der Waals surface area contributed by atoms with Crippen LogP contribution < -0.4 is 0 Å². The van der Waals surface area contributed by atoms with Gasteiger partial charge in [-0.25, -0.2) is 0 Å². The Kier molecular flexibility index (Phi) is 12.7. The number of hydrogen-bond acceptors (Lipinski definition) is 0. The largest absolute Gasteiger partial charge is 0.344 e. The van der Waals surface area contributed by atoms with Crippen LogP contribution >= 0.6 is 0 Å². The monoisotopic (exact) mass is 806 g/mol. The van der Waals surface area contributed by atoms with Crippen LogP contribution in [0.3, 0.4) is 0 Å². The molecule has 0 amide bonds. The fraction of sp³-hybridized carbons (Fsp3) is 0.167. The second-order valence-corrected chi connectivity index (χ2v) is 15.8. The molecule has 62 heavy (non-hydrogen) atoms. The summed E-state index contributed by atoms with van der Waals surface area (Å²) in [6, 6.07) is 52.8. The SMILES string of the molecule is C=C(/C=C(/C1=CC=C(c2ccccc2)CC1)c1ccc2c(-c3cc4c(n3C)C=CCC4)cn(-c3ccc(-c4ccccc4)cc3)c2c1C)c1cccc2ccccc12.CC.CC. The van der Waals surface area contributed by atoms with Gasteiger partial charge >= 0.3 is 0 Å². The van der Waals surface area contributed by atoms with E-state index in [2.05, 4.69) is 205 Å². The molecule has 2 heterocycles. The van der Waals surface area contributed by atoms with Gasteiger partial charge in [0.05, 0.1) is 11.2 Å². The molecule has 2 heteroatoms. The highest BCUT2D eigenvalue weighted by Crippen LogP contribution is 2.43.